The van der Waals surface area contributed by atoms with Crippen molar-refractivity contribution >= 4 is 23.4 Å². The van der Waals surface area contributed by atoms with Gasteiger partial charge in [-0.05, 0) is 40.3 Å². The highest BCUT2D eigenvalue weighted by Crippen LogP contribution is 2.17. The molecule has 0 aliphatic carbocycles. The molecule has 2 aromatic carbocycles. The highest BCUT2D eigenvalue weighted by atomic mass is 32.2. The quantitative estimate of drug-likeness (QED) is 0.656. The van der Waals surface area contributed by atoms with Crippen molar-refractivity contribution in [3.63, 3.8) is 0 Å². The Labute approximate surface area is 149 Å². The average Bonchev–Trinajstić information content (AvgIpc) is 3.08. The lowest BCUT2D eigenvalue weighted by atomic mass is 10.2. The minimum Gasteiger partial charge on any atom is -0.497 e. The third kappa shape index (κ3) is 4.80. The fourth-order valence-corrected chi connectivity index (χ4v) is 2.83. The van der Waals surface area contributed by atoms with Gasteiger partial charge < -0.3 is 10.1 Å². The number of anilines is 1. The van der Waals surface area contributed by atoms with Crippen molar-refractivity contribution < 1.29 is 9.53 Å². The second-order valence-electron chi connectivity index (χ2n) is 5.17. The van der Waals surface area contributed by atoms with Crippen LogP contribution in [0.1, 0.15) is 5.56 Å². The van der Waals surface area contributed by atoms with Crippen LogP contribution in [0.2, 0.25) is 0 Å². The zero-order chi connectivity index (χ0) is 17.5. The zero-order valence-electron chi connectivity index (χ0n) is 13.6. The van der Waals surface area contributed by atoms with Crippen molar-refractivity contribution in [2.24, 2.45) is 0 Å². The first-order chi connectivity index (χ1) is 12.2. The van der Waals surface area contributed by atoms with Crippen molar-refractivity contribution in [2.75, 3.05) is 18.2 Å². The lowest BCUT2D eigenvalue weighted by Gasteiger charge is -2.06. The number of nitrogens with zero attached hydrogens (tertiary/aromatic N) is 4. The number of para-hydroxylation sites is 1. The van der Waals surface area contributed by atoms with Gasteiger partial charge in [-0.25, -0.2) is 4.68 Å². The van der Waals surface area contributed by atoms with E-state index in [9.17, 15) is 4.79 Å². The molecule has 3 aromatic rings. The number of carbonyl (C=O) groups is 1. The van der Waals surface area contributed by atoms with Crippen LogP contribution in [0, 0.1) is 0 Å². The Morgan fingerprint density at radius 2 is 1.92 bits per heavy atom. The Hall–Kier alpha value is -2.87. The Morgan fingerprint density at radius 3 is 2.64 bits per heavy atom. The maximum Gasteiger partial charge on any atom is 0.234 e. The second-order valence-corrected chi connectivity index (χ2v) is 6.11. The van der Waals surface area contributed by atoms with Gasteiger partial charge in [0.25, 0.3) is 0 Å². The van der Waals surface area contributed by atoms with Crippen LogP contribution in [0.3, 0.4) is 0 Å². The van der Waals surface area contributed by atoms with Crippen molar-refractivity contribution in [2.45, 2.75) is 11.7 Å². The molecular weight excluding hydrogens is 338 g/mol. The van der Waals surface area contributed by atoms with Crippen LogP contribution >= 0.6 is 11.8 Å². The molecule has 0 fully saturated rings. The van der Waals surface area contributed by atoms with Crippen LogP contribution < -0.4 is 10.1 Å². The van der Waals surface area contributed by atoms with Gasteiger partial charge in [0.2, 0.25) is 11.1 Å². The van der Waals surface area contributed by atoms with E-state index in [4.69, 9.17) is 4.74 Å². The Bertz CT molecular complexity index is 821. The molecule has 7 nitrogen and oxygen atoms in total. The first kappa shape index (κ1) is 17.0. The number of ether oxygens (including phenoxy) is 1. The van der Waals surface area contributed by atoms with Crippen LogP contribution in [0.4, 0.5) is 5.69 Å². The first-order valence-electron chi connectivity index (χ1n) is 7.61. The molecule has 1 aromatic heterocycles. The van der Waals surface area contributed by atoms with Crippen molar-refractivity contribution in [3.8, 4) is 5.75 Å². The second kappa shape index (κ2) is 8.29. The van der Waals surface area contributed by atoms with E-state index in [1.165, 1.54) is 11.8 Å². The fraction of sp³-hybridized carbons (Fsp3) is 0.176. The summed E-state index contributed by atoms with van der Waals surface area (Å²) in [5, 5.41) is 15.1. The molecule has 1 heterocycles. The van der Waals surface area contributed by atoms with Crippen LogP contribution in [0.15, 0.2) is 59.8 Å². The van der Waals surface area contributed by atoms with Crippen LogP contribution in [0.25, 0.3) is 0 Å². The number of hydrogen-bond donors (Lipinski definition) is 1. The average molecular weight is 355 g/mol. The third-order valence-electron chi connectivity index (χ3n) is 3.38. The number of rotatable bonds is 7. The predicted molar refractivity (Wildman–Crippen MR) is 95.7 cm³/mol. The highest BCUT2D eigenvalue weighted by molar-refractivity contribution is 7.99. The van der Waals surface area contributed by atoms with Gasteiger partial charge in [0, 0.05) is 5.69 Å². The first-order valence-corrected chi connectivity index (χ1v) is 8.60. The molecule has 1 N–H and O–H groups in total. The van der Waals surface area contributed by atoms with Crippen molar-refractivity contribution in [1.82, 2.24) is 20.2 Å². The van der Waals surface area contributed by atoms with E-state index in [1.807, 2.05) is 54.6 Å². The number of thioether (sulfide) groups is 1. The molecule has 0 saturated heterocycles. The molecule has 0 spiro atoms. The SMILES string of the molecule is COc1ccc(Cn2nnnc2SCC(=O)Nc2ccccc2)cc1. The Morgan fingerprint density at radius 1 is 1.16 bits per heavy atom. The summed E-state index contributed by atoms with van der Waals surface area (Å²) in [5.74, 6) is 0.931. The smallest absolute Gasteiger partial charge is 0.234 e. The summed E-state index contributed by atoms with van der Waals surface area (Å²) in [6.45, 7) is 0.527. The summed E-state index contributed by atoms with van der Waals surface area (Å²) in [5.41, 5.74) is 1.81. The number of methoxy groups -OCH3 is 1. The van der Waals surface area contributed by atoms with Crippen LogP contribution in [0.5, 0.6) is 5.75 Å². The normalized spacial score (nSPS) is 10.4. The van der Waals surface area contributed by atoms with Gasteiger partial charge in [-0.1, -0.05) is 42.1 Å². The van der Waals surface area contributed by atoms with Crippen LogP contribution in [-0.4, -0.2) is 39.0 Å². The van der Waals surface area contributed by atoms with E-state index >= 15 is 0 Å². The van der Waals surface area contributed by atoms with Gasteiger partial charge in [-0.3, -0.25) is 4.79 Å². The number of aromatic nitrogens is 4. The summed E-state index contributed by atoms with van der Waals surface area (Å²) in [7, 11) is 1.63. The Kier molecular flexibility index (Phi) is 5.63. The van der Waals surface area contributed by atoms with Gasteiger partial charge >= 0.3 is 0 Å². The van der Waals surface area contributed by atoms with Gasteiger partial charge in [-0.2, -0.15) is 0 Å². The maximum atomic E-state index is 12.0. The molecule has 0 aliphatic rings. The lowest BCUT2D eigenvalue weighted by molar-refractivity contribution is -0.113. The number of carbonyl (C=O) groups excluding carboxylic acids is 1. The highest BCUT2D eigenvalue weighted by Gasteiger charge is 2.11. The van der Waals surface area contributed by atoms with E-state index in [-0.39, 0.29) is 11.7 Å². The molecular formula is C17H17N5O2S. The van der Waals surface area contributed by atoms with Gasteiger partial charge in [0.1, 0.15) is 5.75 Å². The molecule has 8 heteroatoms. The summed E-state index contributed by atoms with van der Waals surface area (Å²) >= 11 is 1.30. The summed E-state index contributed by atoms with van der Waals surface area (Å²) in [4.78, 5) is 12.0. The van der Waals surface area contributed by atoms with Crippen molar-refractivity contribution in [3.05, 3.63) is 60.2 Å². The predicted octanol–water partition coefficient (Wildman–Crippen LogP) is 2.46. The zero-order valence-corrected chi connectivity index (χ0v) is 14.4. The largest absolute Gasteiger partial charge is 0.497 e. The molecule has 0 unspecified atom stereocenters. The fourth-order valence-electron chi connectivity index (χ4n) is 2.15. The third-order valence-corrected chi connectivity index (χ3v) is 4.34. The summed E-state index contributed by atoms with van der Waals surface area (Å²) < 4.78 is 6.82. The topological polar surface area (TPSA) is 81.9 Å². The molecule has 0 radical (unpaired) electrons. The van der Waals surface area contributed by atoms with E-state index in [0.717, 1.165) is 17.0 Å². The van der Waals surface area contributed by atoms with Crippen LogP contribution in [-0.2, 0) is 11.3 Å². The molecule has 3 rings (SSSR count). The molecule has 0 atom stereocenters. The van der Waals surface area contributed by atoms with Crippen molar-refractivity contribution in [1.29, 1.82) is 0 Å². The molecule has 0 bridgehead atoms. The van der Waals surface area contributed by atoms with E-state index < -0.39 is 0 Å². The van der Waals surface area contributed by atoms with E-state index in [0.29, 0.717) is 11.7 Å². The molecule has 0 saturated carbocycles. The maximum absolute atomic E-state index is 12.0. The lowest BCUT2D eigenvalue weighted by Crippen LogP contribution is -2.14. The number of hydrogen-bond acceptors (Lipinski definition) is 6. The number of tetrazole rings is 1. The Balaban J connectivity index is 1.57. The number of nitrogens with one attached hydrogen (secondary N) is 1. The van der Waals surface area contributed by atoms with Gasteiger partial charge in [0.05, 0.1) is 19.4 Å². The number of benzene rings is 2. The molecule has 0 aliphatic heterocycles. The van der Waals surface area contributed by atoms with E-state index in [1.54, 1.807) is 11.8 Å². The standard InChI is InChI=1S/C17H17N5O2S/c1-24-15-9-7-13(8-10-15)11-22-17(19-20-21-22)25-12-16(23)18-14-5-3-2-4-6-14/h2-10H,11-12H2,1H3,(H,18,23). The summed E-state index contributed by atoms with van der Waals surface area (Å²) in [6, 6.07) is 17.0. The molecule has 25 heavy (non-hydrogen) atoms. The molecule has 1 amide bonds. The van der Waals surface area contributed by atoms with Gasteiger partial charge in [0.15, 0.2) is 0 Å². The van der Waals surface area contributed by atoms with E-state index in [2.05, 4.69) is 20.8 Å². The molecule has 128 valence electrons. The number of amides is 1. The minimum atomic E-state index is -0.102. The minimum absolute atomic E-state index is 0.102. The summed E-state index contributed by atoms with van der Waals surface area (Å²) in [6.07, 6.45) is 0. The monoisotopic (exact) mass is 355 g/mol. The van der Waals surface area contributed by atoms with Gasteiger partial charge in [-0.15, -0.1) is 5.10 Å².